The van der Waals surface area contributed by atoms with E-state index >= 15 is 0 Å². The van der Waals surface area contributed by atoms with Gasteiger partial charge >= 0.3 is 59.1 Å². The normalized spacial score (nSPS) is 9.25. The van der Waals surface area contributed by atoms with Crippen molar-refractivity contribution in [3.05, 3.63) is 60.7 Å². The molecule has 0 heterocycles. The molecule has 0 saturated carbocycles. The van der Waals surface area contributed by atoms with Crippen LogP contribution in [0.4, 0.5) is 11.4 Å². The number of benzene rings is 2. The number of azo groups is 1. The van der Waals surface area contributed by atoms with Crippen molar-refractivity contribution in [2.24, 2.45) is 10.2 Å². The first kappa shape index (κ1) is 16.0. The first-order chi connectivity index (χ1) is 6.95. The number of hydrogen-bond donors (Lipinski definition) is 0. The Hall–Kier alpha value is 0.0400. The largest absolute Gasteiger partial charge is 1.00 e. The maximum atomic E-state index is 4.10. The van der Waals surface area contributed by atoms with Crippen LogP contribution < -0.4 is 59.1 Å². The zero-order chi connectivity index (χ0) is 9.64. The molecule has 0 aliphatic rings. The van der Waals surface area contributed by atoms with Crippen LogP contribution in [0.1, 0.15) is 2.85 Å². The third-order valence-corrected chi connectivity index (χ3v) is 1.79. The van der Waals surface area contributed by atoms with Crippen LogP contribution in [-0.2, 0) is 0 Å². The van der Waals surface area contributed by atoms with Crippen LogP contribution in [0, 0.1) is 0 Å². The van der Waals surface area contributed by atoms with E-state index in [1.54, 1.807) is 0 Å². The molecule has 2 aromatic carbocycles. The van der Waals surface area contributed by atoms with Gasteiger partial charge in [-0.05, 0) is 24.3 Å². The van der Waals surface area contributed by atoms with Gasteiger partial charge in [-0.15, -0.1) is 0 Å². The van der Waals surface area contributed by atoms with Gasteiger partial charge in [-0.2, -0.15) is 10.2 Å². The second kappa shape index (κ2) is 9.11. The van der Waals surface area contributed by atoms with Crippen LogP contribution in [0.15, 0.2) is 70.9 Å². The third-order valence-electron chi connectivity index (χ3n) is 1.79. The summed E-state index contributed by atoms with van der Waals surface area (Å²) in [6.07, 6.45) is 0. The van der Waals surface area contributed by atoms with Gasteiger partial charge in [-0.25, -0.2) is 0 Å². The van der Waals surface area contributed by atoms with E-state index in [0.29, 0.717) is 0 Å². The predicted molar refractivity (Wildman–Crippen MR) is 59.3 cm³/mol. The molecule has 0 atom stereocenters. The molecule has 0 radical (unpaired) electrons. The van der Waals surface area contributed by atoms with E-state index in [2.05, 4.69) is 10.2 Å². The quantitative estimate of drug-likeness (QED) is 0.435. The van der Waals surface area contributed by atoms with Crippen molar-refractivity contribution in [2.45, 2.75) is 0 Å². The monoisotopic (exact) mass is 230 g/mol. The van der Waals surface area contributed by atoms with Gasteiger partial charge in [0.2, 0.25) is 0 Å². The fraction of sp³-hybridized carbons (Fsp3) is 0. The van der Waals surface area contributed by atoms with Gasteiger partial charge in [-0.1, -0.05) is 36.4 Å². The summed E-state index contributed by atoms with van der Waals surface area (Å²) < 4.78 is 0. The Labute approximate surface area is 143 Å². The molecule has 4 heteroatoms. The summed E-state index contributed by atoms with van der Waals surface area (Å²) in [6.45, 7) is 0. The van der Waals surface area contributed by atoms with Gasteiger partial charge < -0.3 is 2.85 Å². The molecule has 2 nitrogen and oxygen atoms in total. The summed E-state index contributed by atoms with van der Waals surface area (Å²) in [4.78, 5) is 0. The molecule has 0 bridgehead atoms. The molecule has 0 fully saturated rings. The van der Waals surface area contributed by atoms with Crippen LogP contribution in [0.25, 0.3) is 0 Å². The molecule has 0 unspecified atom stereocenters. The molecule has 0 aromatic heterocycles. The summed E-state index contributed by atoms with van der Waals surface area (Å²) in [5, 5.41) is 8.20. The summed E-state index contributed by atoms with van der Waals surface area (Å²) in [7, 11) is 0. The van der Waals surface area contributed by atoms with E-state index in [-0.39, 0.29) is 62.0 Å². The maximum Gasteiger partial charge on any atom is 1.00 e. The molecule has 2 rings (SSSR count). The van der Waals surface area contributed by atoms with Gasteiger partial charge in [-0.3, -0.25) is 0 Å². The van der Waals surface area contributed by atoms with E-state index in [0.717, 1.165) is 11.4 Å². The van der Waals surface area contributed by atoms with Crippen LogP contribution >= 0.6 is 0 Å². The Kier molecular flexibility index (Phi) is 9.13. The van der Waals surface area contributed by atoms with Crippen LogP contribution in [0.5, 0.6) is 0 Å². The maximum absolute atomic E-state index is 4.10. The third kappa shape index (κ3) is 5.39. The summed E-state index contributed by atoms with van der Waals surface area (Å²) in [6, 6.07) is 19.4. The molecule has 16 heavy (non-hydrogen) atoms. The van der Waals surface area contributed by atoms with Crippen molar-refractivity contribution in [3.8, 4) is 0 Å². The standard InChI is InChI=1S/C12H10N2.2Na.2H/c1-3-7-11(8-4-1)13-14-12-9-5-2-6-10-12;;;;/h1-10H;;;;/q;2*+1;2*-1. The van der Waals surface area contributed by atoms with E-state index in [9.17, 15) is 0 Å². The van der Waals surface area contributed by atoms with Crippen LogP contribution in [-0.4, -0.2) is 0 Å². The number of rotatable bonds is 2. The predicted octanol–water partition coefficient (Wildman–Crippen LogP) is -1.66. The Bertz CT molecular complexity index is 383. The second-order valence-electron chi connectivity index (χ2n) is 2.87. The molecule has 0 spiro atoms. The molecule has 0 amide bonds. The topological polar surface area (TPSA) is 24.7 Å². The van der Waals surface area contributed by atoms with Crippen molar-refractivity contribution in [1.82, 2.24) is 0 Å². The van der Waals surface area contributed by atoms with Crippen molar-refractivity contribution >= 4 is 11.4 Å². The fourth-order valence-corrected chi connectivity index (χ4v) is 1.10. The van der Waals surface area contributed by atoms with Crippen molar-refractivity contribution in [2.75, 3.05) is 0 Å². The van der Waals surface area contributed by atoms with E-state index in [1.807, 2.05) is 60.7 Å². The summed E-state index contributed by atoms with van der Waals surface area (Å²) >= 11 is 0. The molecule has 0 saturated heterocycles. The van der Waals surface area contributed by atoms with Crippen molar-refractivity contribution in [1.29, 1.82) is 0 Å². The second-order valence-corrected chi connectivity index (χ2v) is 2.87. The Morgan fingerprint density at radius 1 is 0.562 bits per heavy atom. The number of nitrogens with zero attached hydrogens (tertiary/aromatic N) is 2. The number of hydrogen-bond acceptors (Lipinski definition) is 2. The minimum atomic E-state index is 0. The molecule has 72 valence electrons. The average Bonchev–Trinajstić information content (AvgIpc) is 2.29. The van der Waals surface area contributed by atoms with Gasteiger partial charge in [0.05, 0.1) is 11.4 Å². The smallest absolute Gasteiger partial charge is 1.00 e. The van der Waals surface area contributed by atoms with E-state index < -0.39 is 0 Å². The molecule has 0 aliphatic heterocycles. The minimum Gasteiger partial charge on any atom is -1.00 e. The minimum absolute atomic E-state index is 0. The van der Waals surface area contributed by atoms with Gasteiger partial charge in [0.1, 0.15) is 0 Å². The Balaban J connectivity index is -0.000000562. The molecular formula is C12H12N2Na2. The molecule has 0 aliphatic carbocycles. The summed E-state index contributed by atoms with van der Waals surface area (Å²) in [5.41, 5.74) is 1.74. The molecular weight excluding hydrogens is 218 g/mol. The molecule has 2 aromatic rings. The zero-order valence-electron chi connectivity index (χ0n) is 11.7. The Morgan fingerprint density at radius 2 is 0.875 bits per heavy atom. The van der Waals surface area contributed by atoms with E-state index in [4.69, 9.17) is 0 Å². The fourth-order valence-electron chi connectivity index (χ4n) is 1.10. The first-order valence-electron chi connectivity index (χ1n) is 4.47. The Morgan fingerprint density at radius 3 is 1.19 bits per heavy atom. The zero-order valence-corrected chi connectivity index (χ0v) is 13.7. The van der Waals surface area contributed by atoms with Crippen molar-refractivity contribution < 1.29 is 62.0 Å². The first-order valence-corrected chi connectivity index (χ1v) is 4.47. The van der Waals surface area contributed by atoms with Crippen LogP contribution in [0.3, 0.4) is 0 Å². The molecule has 0 N–H and O–H groups in total. The van der Waals surface area contributed by atoms with Gasteiger partial charge in [0.25, 0.3) is 0 Å². The van der Waals surface area contributed by atoms with Crippen molar-refractivity contribution in [3.63, 3.8) is 0 Å². The van der Waals surface area contributed by atoms with E-state index in [1.165, 1.54) is 0 Å². The van der Waals surface area contributed by atoms with Gasteiger partial charge in [0.15, 0.2) is 0 Å². The van der Waals surface area contributed by atoms with Gasteiger partial charge in [0, 0.05) is 0 Å². The SMILES string of the molecule is [H-].[H-].[Na+].[Na+].c1ccc(N=Nc2ccccc2)cc1. The average molecular weight is 230 g/mol. The van der Waals surface area contributed by atoms with Crippen LogP contribution in [0.2, 0.25) is 0 Å². The summed E-state index contributed by atoms with van der Waals surface area (Å²) in [5.74, 6) is 0.